The van der Waals surface area contributed by atoms with E-state index >= 15 is 0 Å². The minimum absolute atomic E-state index is 0.0448. The lowest BCUT2D eigenvalue weighted by atomic mass is 10.0. The van der Waals surface area contributed by atoms with Crippen LogP contribution in [-0.2, 0) is 4.79 Å². The molecule has 0 bridgehead atoms. The van der Waals surface area contributed by atoms with Crippen molar-refractivity contribution >= 4 is 11.7 Å². The van der Waals surface area contributed by atoms with Crippen molar-refractivity contribution < 1.29 is 9.59 Å². The SMILES string of the molecule is Cc1ccccc1C(=O)CN1CCCCCC1=O. The van der Waals surface area contributed by atoms with Gasteiger partial charge in [0.1, 0.15) is 0 Å². The molecule has 1 aliphatic rings. The first-order chi connectivity index (χ1) is 8.68. The summed E-state index contributed by atoms with van der Waals surface area (Å²) < 4.78 is 0. The number of carbonyl (C=O) groups excluding carboxylic acids is 2. The largest absolute Gasteiger partial charge is 0.335 e. The zero-order valence-electron chi connectivity index (χ0n) is 10.8. The van der Waals surface area contributed by atoms with Crippen molar-refractivity contribution in [2.75, 3.05) is 13.1 Å². The number of aryl methyl sites for hydroxylation is 1. The van der Waals surface area contributed by atoms with Crippen molar-refractivity contribution in [2.45, 2.75) is 32.6 Å². The lowest BCUT2D eigenvalue weighted by Gasteiger charge is -2.19. The number of carbonyl (C=O) groups is 2. The van der Waals surface area contributed by atoms with Crippen LogP contribution in [0.4, 0.5) is 0 Å². The molecule has 0 N–H and O–H groups in total. The predicted octanol–water partition coefficient (Wildman–Crippen LogP) is 2.58. The van der Waals surface area contributed by atoms with E-state index in [2.05, 4.69) is 0 Å². The Morgan fingerprint density at radius 2 is 2.00 bits per heavy atom. The second-order valence-electron chi connectivity index (χ2n) is 4.86. The molecule has 2 rings (SSSR count). The molecule has 0 unspecified atom stereocenters. The molecule has 0 aromatic heterocycles. The highest BCUT2D eigenvalue weighted by molar-refractivity contribution is 6.00. The van der Waals surface area contributed by atoms with E-state index in [1.165, 1.54) is 0 Å². The molecule has 1 amide bonds. The number of rotatable bonds is 3. The number of hydrogen-bond donors (Lipinski definition) is 0. The Bertz CT molecular complexity index is 454. The topological polar surface area (TPSA) is 37.4 Å². The number of hydrogen-bond acceptors (Lipinski definition) is 2. The zero-order chi connectivity index (χ0) is 13.0. The zero-order valence-corrected chi connectivity index (χ0v) is 10.8. The van der Waals surface area contributed by atoms with Crippen LogP contribution in [0.15, 0.2) is 24.3 Å². The van der Waals surface area contributed by atoms with Gasteiger partial charge in [-0.1, -0.05) is 30.7 Å². The molecule has 1 saturated heterocycles. The van der Waals surface area contributed by atoms with Crippen molar-refractivity contribution in [2.24, 2.45) is 0 Å². The van der Waals surface area contributed by atoms with E-state index < -0.39 is 0 Å². The Balaban J connectivity index is 2.06. The molecule has 0 radical (unpaired) electrons. The summed E-state index contributed by atoms with van der Waals surface area (Å²) in [7, 11) is 0. The van der Waals surface area contributed by atoms with E-state index in [0.717, 1.165) is 36.9 Å². The fourth-order valence-corrected chi connectivity index (χ4v) is 2.35. The Kier molecular flexibility index (Phi) is 4.13. The molecule has 1 fully saturated rings. The summed E-state index contributed by atoms with van der Waals surface area (Å²) in [4.78, 5) is 25.7. The monoisotopic (exact) mass is 245 g/mol. The van der Waals surface area contributed by atoms with Crippen LogP contribution in [0.2, 0.25) is 0 Å². The van der Waals surface area contributed by atoms with Crippen LogP contribution in [-0.4, -0.2) is 29.7 Å². The van der Waals surface area contributed by atoms with Gasteiger partial charge in [0.2, 0.25) is 5.91 Å². The van der Waals surface area contributed by atoms with Crippen LogP contribution in [0.25, 0.3) is 0 Å². The van der Waals surface area contributed by atoms with Crippen LogP contribution in [0.5, 0.6) is 0 Å². The Labute approximate surface area is 108 Å². The maximum Gasteiger partial charge on any atom is 0.222 e. The van der Waals surface area contributed by atoms with E-state index in [1.807, 2.05) is 31.2 Å². The quantitative estimate of drug-likeness (QED) is 0.767. The predicted molar refractivity (Wildman–Crippen MR) is 70.6 cm³/mol. The molecule has 0 atom stereocenters. The number of ketones is 1. The average molecular weight is 245 g/mol. The summed E-state index contributed by atoms with van der Waals surface area (Å²) in [5, 5.41) is 0. The maximum atomic E-state index is 12.2. The van der Waals surface area contributed by atoms with Gasteiger partial charge >= 0.3 is 0 Å². The van der Waals surface area contributed by atoms with Crippen molar-refractivity contribution in [1.29, 1.82) is 0 Å². The molecular weight excluding hydrogens is 226 g/mol. The fourth-order valence-electron chi connectivity index (χ4n) is 2.35. The number of Topliss-reactive ketones (excluding diaryl/α,β-unsaturated/α-hetero) is 1. The highest BCUT2D eigenvalue weighted by Crippen LogP contribution is 2.13. The van der Waals surface area contributed by atoms with Gasteiger partial charge in [-0.05, 0) is 25.3 Å². The molecule has 1 aromatic rings. The Morgan fingerprint density at radius 1 is 1.22 bits per heavy atom. The van der Waals surface area contributed by atoms with E-state index in [1.54, 1.807) is 4.90 Å². The molecule has 1 aromatic carbocycles. The molecule has 0 spiro atoms. The van der Waals surface area contributed by atoms with E-state index in [9.17, 15) is 9.59 Å². The first-order valence-electron chi connectivity index (χ1n) is 6.55. The van der Waals surface area contributed by atoms with Crippen LogP contribution >= 0.6 is 0 Å². The van der Waals surface area contributed by atoms with Crippen molar-refractivity contribution in [3.63, 3.8) is 0 Å². The third kappa shape index (κ3) is 2.97. The third-order valence-corrected chi connectivity index (χ3v) is 3.45. The lowest BCUT2D eigenvalue weighted by molar-refractivity contribution is -0.130. The van der Waals surface area contributed by atoms with Crippen molar-refractivity contribution in [3.05, 3.63) is 35.4 Å². The number of nitrogens with zero attached hydrogens (tertiary/aromatic N) is 1. The minimum atomic E-state index is 0.0448. The molecule has 0 saturated carbocycles. The highest BCUT2D eigenvalue weighted by atomic mass is 16.2. The highest BCUT2D eigenvalue weighted by Gasteiger charge is 2.20. The van der Waals surface area contributed by atoms with Crippen molar-refractivity contribution in [3.8, 4) is 0 Å². The van der Waals surface area contributed by atoms with Gasteiger partial charge in [-0.2, -0.15) is 0 Å². The molecule has 3 nitrogen and oxygen atoms in total. The van der Waals surface area contributed by atoms with Gasteiger partial charge in [0, 0.05) is 18.5 Å². The van der Waals surface area contributed by atoms with Crippen molar-refractivity contribution in [1.82, 2.24) is 4.90 Å². The average Bonchev–Trinajstić information content (AvgIpc) is 2.55. The van der Waals surface area contributed by atoms with Gasteiger partial charge < -0.3 is 4.90 Å². The normalized spacial score (nSPS) is 16.5. The van der Waals surface area contributed by atoms with E-state index in [4.69, 9.17) is 0 Å². The molecule has 1 aliphatic heterocycles. The molecule has 0 aliphatic carbocycles. The van der Waals surface area contributed by atoms with Gasteiger partial charge in [-0.3, -0.25) is 9.59 Å². The van der Waals surface area contributed by atoms with Gasteiger partial charge in [0.05, 0.1) is 6.54 Å². The second-order valence-corrected chi connectivity index (χ2v) is 4.86. The van der Waals surface area contributed by atoms with Gasteiger partial charge in [0.25, 0.3) is 0 Å². The summed E-state index contributed by atoms with van der Waals surface area (Å²) in [6, 6.07) is 7.55. The summed E-state index contributed by atoms with van der Waals surface area (Å²) >= 11 is 0. The van der Waals surface area contributed by atoms with Crippen LogP contribution < -0.4 is 0 Å². The summed E-state index contributed by atoms with van der Waals surface area (Å²) in [5.74, 6) is 0.165. The second kappa shape index (κ2) is 5.80. The smallest absolute Gasteiger partial charge is 0.222 e. The standard InChI is InChI=1S/C15H19NO2/c1-12-7-4-5-8-13(12)14(17)11-16-10-6-2-3-9-15(16)18/h4-5,7-8H,2-3,6,9-11H2,1H3. The maximum absolute atomic E-state index is 12.2. The van der Waals surface area contributed by atoms with Gasteiger partial charge in [0.15, 0.2) is 5.78 Å². The molecule has 18 heavy (non-hydrogen) atoms. The Morgan fingerprint density at radius 3 is 2.78 bits per heavy atom. The lowest BCUT2D eigenvalue weighted by Crippen LogP contribution is -2.35. The van der Waals surface area contributed by atoms with E-state index in [0.29, 0.717) is 6.42 Å². The number of benzene rings is 1. The number of likely N-dealkylation sites (tertiary alicyclic amines) is 1. The first kappa shape index (κ1) is 12.8. The fraction of sp³-hybridized carbons (Fsp3) is 0.467. The van der Waals surface area contributed by atoms with Gasteiger partial charge in [-0.15, -0.1) is 0 Å². The molecule has 1 heterocycles. The van der Waals surface area contributed by atoms with Gasteiger partial charge in [-0.25, -0.2) is 0 Å². The summed E-state index contributed by atoms with van der Waals surface area (Å²) in [6.07, 6.45) is 3.63. The minimum Gasteiger partial charge on any atom is -0.335 e. The molecule has 96 valence electrons. The third-order valence-electron chi connectivity index (χ3n) is 3.45. The molecular formula is C15H19NO2. The van der Waals surface area contributed by atoms with Crippen LogP contribution in [0.3, 0.4) is 0 Å². The Hall–Kier alpha value is -1.64. The first-order valence-corrected chi connectivity index (χ1v) is 6.55. The van der Waals surface area contributed by atoms with Crippen LogP contribution in [0.1, 0.15) is 41.6 Å². The molecule has 3 heteroatoms. The summed E-state index contributed by atoms with van der Waals surface area (Å²) in [5.41, 5.74) is 1.71. The van der Waals surface area contributed by atoms with E-state index in [-0.39, 0.29) is 18.2 Å². The van der Waals surface area contributed by atoms with Crippen LogP contribution in [0, 0.1) is 6.92 Å². The number of amides is 1. The summed E-state index contributed by atoms with van der Waals surface area (Å²) in [6.45, 7) is 2.87.